The monoisotopic (exact) mass is 342 g/mol. The lowest BCUT2D eigenvalue weighted by molar-refractivity contribution is -0.00204. The Hall–Kier alpha value is -2.34. The summed E-state index contributed by atoms with van der Waals surface area (Å²) in [5.41, 5.74) is 4.37. The third-order valence-electron chi connectivity index (χ3n) is 4.80. The van der Waals surface area contributed by atoms with Gasteiger partial charge >= 0.3 is 6.03 Å². The summed E-state index contributed by atoms with van der Waals surface area (Å²) in [6.07, 6.45) is 4.26. The number of aryl methyl sites for hydroxylation is 3. The Balaban J connectivity index is 1.58. The van der Waals surface area contributed by atoms with Gasteiger partial charge in [0.2, 0.25) is 0 Å². The summed E-state index contributed by atoms with van der Waals surface area (Å²) in [7, 11) is 1.91. The summed E-state index contributed by atoms with van der Waals surface area (Å²) in [6, 6.07) is 7.91. The second-order valence-corrected chi connectivity index (χ2v) is 6.55. The molecule has 2 aromatic rings. The molecule has 1 fully saturated rings. The lowest BCUT2D eigenvalue weighted by Gasteiger charge is -2.30. The fourth-order valence-corrected chi connectivity index (χ4v) is 3.32. The molecule has 0 saturated carbocycles. The molecule has 1 aliphatic heterocycles. The number of amides is 2. The Kier molecular flexibility index (Phi) is 5.38. The maximum absolute atomic E-state index is 12.3. The van der Waals surface area contributed by atoms with Crippen LogP contribution in [0, 0.1) is 6.92 Å². The van der Waals surface area contributed by atoms with E-state index in [9.17, 15) is 4.79 Å². The van der Waals surface area contributed by atoms with Crippen LogP contribution in [-0.2, 0) is 18.2 Å². The van der Waals surface area contributed by atoms with E-state index < -0.39 is 0 Å². The minimum Gasteiger partial charge on any atom is -0.372 e. The van der Waals surface area contributed by atoms with Crippen molar-refractivity contribution in [2.75, 3.05) is 11.9 Å². The maximum atomic E-state index is 12.3. The van der Waals surface area contributed by atoms with Crippen LogP contribution < -0.4 is 10.6 Å². The van der Waals surface area contributed by atoms with Crippen LogP contribution in [0.1, 0.15) is 42.7 Å². The number of hydrogen-bond donors (Lipinski definition) is 2. The molecule has 3 rings (SSSR count). The van der Waals surface area contributed by atoms with Crippen molar-refractivity contribution in [3.8, 4) is 0 Å². The van der Waals surface area contributed by atoms with Crippen LogP contribution in [0.3, 0.4) is 0 Å². The Labute approximate surface area is 148 Å². The fraction of sp³-hybridized carbons (Fsp3) is 0.474. The van der Waals surface area contributed by atoms with Crippen LogP contribution >= 0.6 is 0 Å². The molecule has 1 aromatic carbocycles. The van der Waals surface area contributed by atoms with Crippen molar-refractivity contribution in [3.05, 3.63) is 47.3 Å². The normalized spacial score (nSPS) is 20.3. The highest BCUT2D eigenvalue weighted by Gasteiger charge is 2.26. The lowest BCUT2D eigenvalue weighted by Crippen LogP contribution is -2.42. The van der Waals surface area contributed by atoms with Crippen molar-refractivity contribution < 1.29 is 9.53 Å². The number of carbonyl (C=O) groups is 1. The molecule has 2 amide bonds. The van der Waals surface area contributed by atoms with E-state index in [4.69, 9.17) is 4.74 Å². The molecule has 1 saturated heterocycles. The van der Waals surface area contributed by atoms with E-state index >= 15 is 0 Å². The Morgan fingerprint density at radius 1 is 1.40 bits per heavy atom. The second kappa shape index (κ2) is 7.70. The third kappa shape index (κ3) is 4.20. The quantitative estimate of drug-likeness (QED) is 0.895. The number of nitrogens with one attached hydrogen (secondary N) is 2. The SMILES string of the molecule is CCc1cc(NC(=O)N[C@H]2CCO[C@H](c3ccnn3C)C2)ccc1C. The van der Waals surface area contributed by atoms with Gasteiger partial charge in [-0.2, -0.15) is 5.10 Å². The summed E-state index contributed by atoms with van der Waals surface area (Å²) < 4.78 is 7.67. The smallest absolute Gasteiger partial charge is 0.319 e. The van der Waals surface area contributed by atoms with Crippen LogP contribution in [0.25, 0.3) is 0 Å². The van der Waals surface area contributed by atoms with E-state index in [0.717, 1.165) is 30.6 Å². The predicted molar refractivity (Wildman–Crippen MR) is 97.6 cm³/mol. The molecule has 0 bridgehead atoms. The molecule has 0 aliphatic carbocycles. The molecular weight excluding hydrogens is 316 g/mol. The fourth-order valence-electron chi connectivity index (χ4n) is 3.32. The zero-order valence-corrected chi connectivity index (χ0v) is 15.1. The number of benzene rings is 1. The van der Waals surface area contributed by atoms with E-state index in [2.05, 4.69) is 29.6 Å². The number of anilines is 1. The van der Waals surface area contributed by atoms with E-state index in [0.29, 0.717) is 6.61 Å². The van der Waals surface area contributed by atoms with Gasteiger partial charge in [-0.25, -0.2) is 4.79 Å². The Morgan fingerprint density at radius 3 is 2.96 bits per heavy atom. The molecule has 1 aromatic heterocycles. The predicted octanol–water partition coefficient (Wildman–Crippen LogP) is 3.33. The van der Waals surface area contributed by atoms with E-state index in [1.54, 1.807) is 6.20 Å². The Morgan fingerprint density at radius 2 is 2.24 bits per heavy atom. The number of nitrogens with zero attached hydrogens (tertiary/aromatic N) is 2. The molecule has 6 heteroatoms. The maximum Gasteiger partial charge on any atom is 0.319 e. The molecule has 0 radical (unpaired) electrons. The van der Waals surface area contributed by atoms with Crippen LogP contribution in [-0.4, -0.2) is 28.5 Å². The van der Waals surface area contributed by atoms with E-state index in [1.165, 1.54) is 11.1 Å². The van der Waals surface area contributed by atoms with Crippen LogP contribution in [0.4, 0.5) is 10.5 Å². The first-order valence-corrected chi connectivity index (χ1v) is 8.83. The van der Waals surface area contributed by atoms with Gasteiger partial charge < -0.3 is 15.4 Å². The molecule has 0 spiro atoms. The summed E-state index contributed by atoms with van der Waals surface area (Å²) in [6.45, 7) is 4.83. The highest BCUT2D eigenvalue weighted by Crippen LogP contribution is 2.27. The summed E-state index contributed by atoms with van der Waals surface area (Å²) in [4.78, 5) is 12.3. The molecule has 134 valence electrons. The number of ether oxygens (including phenoxy) is 1. The summed E-state index contributed by atoms with van der Waals surface area (Å²) >= 11 is 0. The van der Waals surface area contributed by atoms with Crippen molar-refractivity contribution in [1.82, 2.24) is 15.1 Å². The van der Waals surface area contributed by atoms with Crippen LogP contribution in [0.15, 0.2) is 30.5 Å². The van der Waals surface area contributed by atoms with Crippen molar-refractivity contribution >= 4 is 11.7 Å². The van der Waals surface area contributed by atoms with Crippen molar-refractivity contribution in [3.63, 3.8) is 0 Å². The van der Waals surface area contributed by atoms with Gasteiger partial charge in [-0.1, -0.05) is 13.0 Å². The van der Waals surface area contributed by atoms with Gasteiger partial charge in [0.15, 0.2) is 0 Å². The molecule has 25 heavy (non-hydrogen) atoms. The van der Waals surface area contributed by atoms with Gasteiger partial charge in [-0.05, 0) is 55.5 Å². The molecule has 2 atom stereocenters. The topological polar surface area (TPSA) is 68.2 Å². The number of urea groups is 1. The first-order valence-electron chi connectivity index (χ1n) is 8.83. The van der Waals surface area contributed by atoms with Gasteiger partial charge in [0.1, 0.15) is 6.10 Å². The van der Waals surface area contributed by atoms with Gasteiger partial charge in [0.05, 0.1) is 5.69 Å². The lowest BCUT2D eigenvalue weighted by atomic mass is 10.0. The van der Waals surface area contributed by atoms with Gasteiger partial charge in [0, 0.05) is 31.6 Å². The summed E-state index contributed by atoms with van der Waals surface area (Å²) in [5, 5.41) is 10.2. The molecule has 1 aliphatic rings. The second-order valence-electron chi connectivity index (χ2n) is 6.55. The third-order valence-corrected chi connectivity index (χ3v) is 4.80. The molecule has 2 N–H and O–H groups in total. The molecule has 2 heterocycles. The highest BCUT2D eigenvalue weighted by atomic mass is 16.5. The average molecular weight is 342 g/mol. The number of aromatic nitrogens is 2. The van der Waals surface area contributed by atoms with E-state index in [-0.39, 0.29) is 18.2 Å². The zero-order valence-electron chi connectivity index (χ0n) is 15.1. The van der Waals surface area contributed by atoms with Gasteiger partial charge in [-0.3, -0.25) is 4.68 Å². The largest absolute Gasteiger partial charge is 0.372 e. The van der Waals surface area contributed by atoms with Crippen LogP contribution in [0.2, 0.25) is 0 Å². The highest BCUT2D eigenvalue weighted by molar-refractivity contribution is 5.89. The molecule has 6 nitrogen and oxygen atoms in total. The van der Waals surface area contributed by atoms with Crippen molar-refractivity contribution in [2.24, 2.45) is 7.05 Å². The minimum absolute atomic E-state index is 0.0300. The van der Waals surface area contributed by atoms with Gasteiger partial charge in [0.25, 0.3) is 0 Å². The molecular formula is C19H26N4O2. The number of rotatable bonds is 4. The van der Waals surface area contributed by atoms with E-state index in [1.807, 2.05) is 36.0 Å². The van der Waals surface area contributed by atoms with Crippen LogP contribution in [0.5, 0.6) is 0 Å². The molecule has 0 unspecified atom stereocenters. The average Bonchev–Trinajstić information content (AvgIpc) is 3.03. The number of carbonyl (C=O) groups excluding carboxylic acids is 1. The zero-order chi connectivity index (χ0) is 17.8. The van der Waals surface area contributed by atoms with Crippen molar-refractivity contribution in [1.29, 1.82) is 0 Å². The first-order chi connectivity index (χ1) is 12.1. The standard InChI is InChI=1S/C19H26N4O2/c1-4-14-11-15(6-5-13(14)2)21-19(24)22-16-8-10-25-18(12-16)17-7-9-20-23(17)3/h5-7,9,11,16,18H,4,8,10,12H2,1-3H3,(H2,21,22,24)/t16-,18-/m0/s1. The van der Waals surface area contributed by atoms with Crippen molar-refractivity contribution in [2.45, 2.75) is 45.3 Å². The summed E-state index contributed by atoms with van der Waals surface area (Å²) in [5.74, 6) is 0. The number of hydrogen-bond acceptors (Lipinski definition) is 3. The minimum atomic E-state index is -0.165. The van der Waals surface area contributed by atoms with Gasteiger partial charge in [-0.15, -0.1) is 0 Å². The Bertz CT molecular complexity index is 741. The first kappa shape index (κ1) is 17.5.